The summed E-state index contributed by atoms with van der Waals surface area (Å²) in [6.07, 6.45) is 0. The normalized spacial score (nSPS) is 21.5. The van der Waals surface area contributed by atoms with E-state index in [2.05, 4.69) is 23.0 Å². The fourth-order valence-corrected chi connectivity index (χ4v) is 3.48. The van der Waals surface area contributed by atoms with Crippen molar-refractivity contribution in [1.29, 1.82) is 0 Å². The van der Waals surface area contributed by atoms with E-state index in [1.807, 2.05) is 25.1 Å². The van der Waals surface area contributed by atoms with Gasteiger partial charge in [0.1, 0.15) is 38.3 Å². The Bertz CT molecular complexity index is 705. The third-order valence-corrected chi connectivity index (χ3v) is 4.94. The molecule has 2 heterocycles. The first-order valence-electron chi connectivity index (χ1n) is 8.11. The highest BCUT2D eigenvalue weighted by molar-refractivity contribution is 9.10. The average molecular weight is 383 g/mol. The van der Waals surface area contributed by atoms with Crippen LogP contribution in [0, 0.1) is 0 Å². The Labute approximate surface area is 144 Å². The second kappa shape index (κ2) is 7.03. The van der Waals surface area contributed by atoms with Crippen LogP contribution < -0.4 is 9.80 Å². The molecular formula is C17H23BrN2O3+2. The first kappa shape index (κ1) is 16.5. The molecule has 0 amide bonds. The molecule has 5 nitrogen and oxygen atoms in total. The minimum atomic E-state index is -0.367. The number of piperazine rings is 1. The Morgan fingerprint density at radius 3 is 2.74 bits per heavy atom. The van der Waals surface area contributed by atoms with Crippen molar-refractivity contribution in [2.75, 3.05) is 39.8 Å². The molecule has 1 fully saturated rings. The van der Waals surface area contributed by atoms with Crippen LogP contribution >= 0.6 is 15.9 Å². The maximum Gasteiger partial charge on any atom is 0.374 e. The monoisotopic (exact) mass is 382 g/mol. The number of halogens is 1. The van der Waals surface area contributed by atoms with Crippen LogP contribution in [0.3, 0.4) is 0 Å². The van der Waals surface area contributed by atoms with Gasteiger partial charge in [0.25, 0.3) is 0 Å². The van der Waals surface area contributed by atoms with E-state index in [-0.39, 0.29) is 5.97 Å². The molecular weight excluding hydrogens is 360 g/mol. The molecule has 1 aromatic heterocycles. The maximum absolute atomic E-state index is 12.3. The minimum absolute atomic E-state index is 0.351. The first-order valence-corrected chi connectivity index (χ1v) is 8.90. The van der Waals surface area contributed by atoms with Gasteiger partial charge in [-0.1, -0.05) is 15.9 Å². The van der Waals surface area contributed by atoms with Gasteiger partial charge in [0.15, 0.2) is 0 Å². The van der Waals surface area contributed by atoms with Crippen LogP contribution in [0.4, 0.5) is 0 Å². The number of benzene rings is 1. The molecule has 1 aromatic carbocycles. The molecule has 0 spiro atoms. The van der Waals surface area contributed by atoms with Gasteiger partial charge in [-0.25, -0.2) is 4.79 Å². The van der Waals surface area contributed by atoms with Gasteiger partial charge in [-0.3, -0.25) is 0 Å². The van der Waals surface area contributed by atoms with E-state index in [0.717, 1.165) is 53.7 Å². The standard InChI is InChI=1S/C17H21BrN2O3/c1-3-22-17(21)16-14(11-20-8-6-19(2)7-9-20)13-10-12(18)4-5-15(13)23-16/h4-5,10H,3,6-9,11H2,1-2H3/p+2. The van der Waals surface area contributed by atoms with Gasteiger partial charge in [-0.2, -0.15) is 0 Å². The van der Waals surface area contributed by atoms with E-state index in [4.69, 9.17) is 9.15 Å². The molecule has 0 atom stereocenters. The van der Waals surface area contributed by atoms with Crippen LogP contribution in [0.15, 0.2) is 27.1 Å². The number of furan rings is 1. The van der Waals surface area contributed by atoms with Crippen LogP contribution in [0.5, 0.6) is 0 Å². The number of carbonyl (C=O) groups excluding carboxylic acids is 1. The van der Waals surface area contributed by atoms with E-state index in [9.17, 15) is 4.79 Å². The fraction of sp³-hybridized carbons (Fsp3) is 0.471. The van der Waals surface area contributed by atoms with Crippen molar-refractivity contribution in [2.24, 2.45) is 0 Å². The second-order valence-corrected chi connectivity index (χ2v) is 7.07. The number of hydrogen-bond acceptors (Lipinski definition) is 3. The summed E-state index contributed by atoms with van der Waals surface area (Å²) in [6, 6.07) is 5.85. The van der Waals surface area contributed by atoms with Gasteiger partial charge in [-0.05, 0) is 25.1 Å². The molecule has 0 saturated carbocycles. The molecule has 0 unspecified atom stereocenters. The lowest BCUT2D eigenvalue weighted by molar-refractivity contribution is -1.01. The molecule has 0 aliphatic carbocycles. The van der Waals surface area contributed by atoms with Crippen molar-refractivity contribution in [3.8, 4) is 0 Å². The first-order chi connectivity index (χ1) is 11.1. The SMILES string of the molecule is CCOC(=O)c1oc2ccc(Br)cc2c1C[NH+]1CC[NH+](C)CC1. The lowest BCUT2D eigenvalue weighted by Crippen LogP contribution is -3.26. The van der Waals surface area contributed by atoms with Crippen molar-refractivity contribution in [3.05, 3.63) is 34.0 Å². The molecule has 23 heavy (non-hydrogen) atoms. The summed E-state index contributed by atoms with van der Waals surface area (Å²) < 4.78 is 12.0. The van der Waals surface area contributed by atoms with Crippen LogP contribution in [-0.4, -0.2) is 45.8 Å². The molecule has 0 radical (unpaired) electrons. The molecule has 1 aliphatic heterocycles. The van der Waals surface area contributed by atoms with Crippen LogP contribution in [-0.2, 0) is 11.3 Å². The number of hydrogen-bond donors (Lipinski definition) is 2. The zero-order chi connectivity index (χ0) is 16.4. The molecule has 0 bridgehead atoms. The number of nitrogens with one attached hydrogen (secondary N) is 2. The van der Waals surface area contributed by atoms with Gasteiger partial charge in [0.05, 0.1) is 19.2 Å². The second-order valence-electron chi connectivity index (χ2n) is 6.15. The summed E-state index contributed by atoms with van der Waals surface area (Å²) in [7, 11) is 2.23. The Balaban J connectivity index is 1.96. The van der Waals surface area contributed by atoms with E-state index in [1.54, 1.807) is 4.90 Å². The number of fused-ring (bicyclic) bond motifs is 1. The topological polar surface area (TPSA) is 48.3 Å². The van der Waals surface area contributed by atoms with Gasteiger partial charge >= 0.3 is 5.97 Å². The summed E-state index contributed by atoms with van der Waals surface area (Å²) in [5.74, 6) is -0.00676. The minimum Gasteiger partial charge on any atom is -0.460 e. The van der Waals surface area contributed by atoms with Gasteiger partial charge in [0, 0.05) is 9.86 Å². The van der Waals surface area contributed by atoms with E-state index in [0.29, 0.717) is 12.4 Å². The number of esters is 1. The fourth-order valence-electron chi connectivity index (χ4n) is 3.12. The smallest absolute Gasteiger partial charge is 0.374 e. The molecule has 2 N–H and O–H groups in total. The zero-order valence-electron chi connectivity index (χ0n) is 13.6. The third-order valence-electron chi connectivity index (χ3n) is 4.45. The lowest BCUT2D eigenvalue weighted by Gasteiger charge is -2.27. The summed E-state index contributed by atoms with van der Waals surface area (Å²) in [6.45, 7) is 7.48. The molecule has 1 aliphatic rings. The summed E-state index contributed by atoms with van der Waals surface area (Å²) in [5.41, 5.74) is 1.71. The Morgan fingerprint density at radius 2 is 2.04 bits per heavy atom. The Hall–Kier alpha value is -1.37. The van der Waals surface area contributed by atoms with Gasteiger partial charge in [0.2, 0.25) is 5.76 Å². The summed E-state index contributed by atoms with van der Waals surface area (Å²) >= 11 is 3.51. The largest absolute Gasteiger partial charge is 0.460 e. The third kappa shape index (κ3) is 3.59. The van der Waals surface area contributed by atoms with Crippen molar-refractivity contribution in [2.45, 2.75) is 13.5 Å². The van der Waals surface area contributed by atoms with E-state index in [1.165, 1.54) is 4.90 Å². The van der Waals surface area contributed by atoms with Crippen molar-refractivity contribution in [3.63, 3.8) is 0 Å². The highest BCUT2D eigenvalue weighted by atomic mass is 79.9. The number of rotatable bonds is 4. The Morgan fingerprint density at radius 1 is 1.30 bits per heavy atom. The molecule has 6 heteroatoms. The number of carbonyl (C=O) groups is 1. The van der Waals surface area contributed by atoms with Gasteiger partial charge < -0.3 is 19.0 Å². The average Bonchev–Trinajstić information content (AvgIpc) is 2.88. The highest BCUT2D eigenvalue weighted by Crippen LogP contribution is 2.29. The number of likely N-dealkylation sites (N-methyl/N-ethyl adjacent to an activating group) is 1. The van der Waals surface area contributed by atoms with Crippen molar-refractivity contribution < 1.29 is 23.7 Å². The van der Waals surface area contributed by atoms with E-state index < -0.39 is 0 Å². The predicted octanol–water partition coefficient (Wildman–Crippen LogP) is 0.285. The summed E-state index contributed by atoms with van der Waals surface area (Å²) in [5, 5.41) is 1.00. The van der Waals surface area contributed by atoms with Crippen molar-refractivity contribution in [1.82, 2.24) is 0 Å². The molecule has 3 rings (SSSR count). The predicted molar refractivity (Wildman–Crippen MR) is 90.9 cm³/mol. The number of ether oxygens (including phenoxy) is 1. The quantitative estimate of drug-likeness (QED) is 0.747. The Kier molecular flexibility index (Phi) is 5.04. The number of quaternary nitrogens is 2. The molecule has 2 aromatic rings. The van der Waals surface area contributed by atoms with E-state index >= 15 is 0 Å². The summed E-state index contributed by atoms with van der Waals surface area (Å²) in [4.78, 5) is 15.3. The van der Waals surface area contributed by atoms with Crippen LogP contribution in [0.1, 0.15) is 23.0 Å². The zero-order valence-corrected chi connectivity index (χ0v) is 15.2. The van der Waals surface area contributed by atoms with Crippen LogP contribution in [0.25, 0.3) is 11.0 Å². The maximum atomic E-state index is 12.3. The molecule has 1 saturated heterocycles. The van der Waals surface area contributed by atoms with Crippen molar-refractivity contribution >= 4 is 32.9 Å². The van der Waals surface area contributed by atoms with Crippen LogP contribution in [0.2, 0.25) is 0 Å². The highest BCUT2D eigenvalue weighted by Gasteiger charge is 2.27. The lowest BCUT2D eigenvalue weighted by atomic mass is 10.1. The van der Waals surface area contributed by atoms with Gasteiger partial charge in [-0.15, -0.1) is 0 Å². The molecule has 124 valence electrons.